The van der Waals surface area contributed by atoms with E-state index in [9.17, 15) is 0 Å². The van der Waals surface area contributed by atoms with Gasteiger partial charge in [0.15, 0.2) is 0 Å². The Morgan fingerprint density at radius 1 is 1.20 bits per heavy atom. The van der Waals surface area contributed by atoms with E-state index in [0.29, 0.717) is 5.92 Å². The predicted octanol–water partition coefficient (Wildman–Crippen LogP) is 3.17. The summed E-state index contributed by atoms with van der Waals surface area (Å²) < 4.78 is 17.9. The first kappa shape index (κ1) is 17.5. The van der Waals surface area contributed by atoms with E-state index in [2.05, 4.69) is 36.1 Å². The first-order chi connectivity index (χ1) is 12.2. The molecule has 3 fully saturated rings. The SMILES string of the molecule is Cc1ccc(CN2CC[C@@]3(C[C@H](OCC4CCOCC4)CO3)C2)cc1. The van der Waals surface area contributed by atoms with E-state index < -0.39 is 0 Å². The molecule has 3 saturated heterocycles. The fourth-order valence-electron chi connectivity index (χ4n) is 4.39. The first-order valence-electron chi connectivity index (χ1n) is 9.82. The summed E-state index contributed by atoms with van der Waals surface area (Å²) in [5, 5.41) is 0. The Labute approximate surface area is 151 Å². The van der Waals surface area contributed by atoms with Gasteiger partial charge < -0.3 is 14.2 Å². The molecule has 1 spiro atoms. The van der Waals surface area contributed by atoms with Crippen molar-refractivity contribution in [1.29, 1.82) is 0 Å². The molecule has 1 aromatic rings. The van der Waals surface area contributed by atoms with Gasteiger partial charge in [-0.25, -0.2) is 0 Å². The average Bonchev–Trinajstić information content (AvgIpc) is 3.23. The van der Waals surface area contributed by atoms with Gasteiger partial charge >= 0.3 is 0 Å². The molecule has 25 heavy (non-hydrogen) atoms. The summed E-state index contributed by atoms with van der Waals surface area (Å²) in [6.07, 6.45) is 4.75. The number of benzene rings is 1. The smallest absolute Gasteiger partial charge is 0.0847 e. The lowest BCUT2D eigenvalue weighted by Crippen LogP contribution is -2.33. The van der Waals surface area contributed by atoms with Gasteiger partial charge in [-0.15, -0.1) is 0 Å². The molecule has 4 heteroatoms. The van der Waals surface area contributed by atoms with Crippen LogP contribution in [0.3, 0.4) is 0 Å². The summed E-state index contributed by atoms with van der Waals surface area (Å²) in [4.78, 5) is 2.53. The zero-order chi connectivity index (χ0) is 17.1. The van der Waals surface area contributed by atoms with E-state index in [1.807, 2.05) is 0 Å². The van der Waals surface area contributed by atoms with E-state index in [1.54, 1.807) is 0 Å². The molecule has 1 aromatic carbocycles. The number of rotatable bonds is 5. The van der Waals surface area contributed by atoms with Gasteiger partial charge in [0.2, 0.25) is 0 Å². The number of hydrogen-bond acceptors (Lipinski definition) is 4. The summed E-state index contributed by atoms with van der Waals surface area (Å²) >= 11 is 0. The van der Waals surface area contributed by atoms with Crippen LogP contribution in [0.5, 0.6) is 0 Å². The van der Waals surface area contributed by atoms with Crippen molar-refractivity contribution in [2.24, 2.45) is 5.92 Å². The molecule has 0 unspecified atom stereocenters. The molecule has 3 aliphatic rings. The molecule has 3 heterocycles. The second-order valence-corrected chi connectivity index (χ2v) is 8.16. The lowest BCUT2D eigenvalue weighted by Gasteiger charge is -2.25. The molecule has 3 aliphatic heterocycles. The van der Waals surface area contributed by atoms with Gasteiger partial charge in [-0.2, -0.15) is 0 Å². The second kappa shape index (κ2) is 7.75. The van der Waals surface area contributed by atoms with E-state index in [1.165, 1.54) is 11.1 Å². The fraction of sp³-hybridized carbons (Fsp3) is 0.714. The predicted molar refractivity (Wildman–Crippen MR) is 97.7 cm³/mol. The Bertz CT molecular complexity index is 555. The molecular formula is C21H31NO3. The molecule has 0 amide bonds. The third-order valence-corrected chi connectivity index (χ3v) is 6.01. The standard InChI is InChI=1S/C21H31NO3/c1-17-2-4-18(5-3-17)13-22-9-8-21(16-22)12-20(15-25-21)24-14-19-6-10-23-11-7-19/h2-5,19-20H,6-16H2,1H3/t20-,21+/m0/s1. The molecule has 4 rings (SSSR count). The minimum absolute atomic E-state index is 0.0328. The van der Waals surface area contributed by atoms with Crippen LogP contribution in [0.2, 0.25) is 0 Å². The number of aryl methyl sites for hydroxylation is 1. The van der Waals surface area contributed by atoms with E-state index >= 15 is 0 Å². The molecule has 0 radical (unpaired) electrons. The summed E-state index contributed by atoms with van der Waals surface area (Å²) in [5.41, 5.74) is 2.75. The average molecular weight is 345 g/mol. The Morgan fingerprint density at radius 3 is 2.80 bits per heavy atom. The summed E-state index contributed by atoms with van der Waals surface area (Å²) in [7, 11) is 0. The van der Waals surface area contributed by atoms with Crippen LogP contribution in [-0.2, 0) is 20.8 Å². The van der Waals surface area contributed by atoms with Crippen LogP contribution in [0.1, 0.15) is 36.8 Å². The van der Waals surface area contributed by atoms with Crippen molar-refractivity contribution in [3.05, 3.63) is 35.4 Å². The van der Waals surface area contributed by atoms with Crippen molar-refractivity contribution in [3.8, 4) is 0 Å². The monoisotopic (exact) mass is 345 g/mol. The van der Waals surface area contributed by atoms with E-state index in [0.717, 1.165) is 71.7 Å². The molecule has 2 atom stereocenters. The quantitative estimate of drug-likeness (QED) is 0.820. The van der Waals surface area contributed by atoms with Crippen LogP contribution >= 0.6 is 0 Å². The zero-order valence-electron chi connectivity index (χ0n) is 15.4. The highest BCUT2D eigenvalue weighted by Crippen LogP contribution is 2.37. The van der Waals surface area contributed by atoms with Crippen LogP contribution in [0.4, 0.5) is 0 Å². The van der Waals surface area contributed by atoms with Crippen LogP contribution < -0.4 is 0 Å². The highest BCUT2D eigenvalue weighted by molar-refractivity contribution is 5.21. The first-order valence-corrected chi connectivity index (χ1v) is 9.82. The molecule has 0 N–H and O–H groups in total. The van der Waals surface area contributed by atoms with Crippen LogP contribution in [-0.4, -0.2) is 56.1 Å². The Morgan fingerprint density at radius 2 is 2.00 bits per heavy atom. The third kappa shape index (κ3) is 4.43. The maximum atomic E-state index is 6.25. The van der Waals surface area contributed by atoms with Crippen molar-refractivity contribution in [2.75, 3.05) is 39.5 Å². The van der Waals surface area contributed by atoms with Crippen molar-refractivity contribution in [2.45, 2.75) is 50.9 Å². The summed E-state index contributed by atoms with van der Waals surface area (Å²) in [5.74, 6) is 0.673. The largest absolute Gasteiger partial charge is 0.381 e. The van der Waals surface area contributed by atoms with Gasteiger partial charge in [0.25, 0.3) is 0 Å². The lowest BCUT2D eigenvalue weighted by molar-refractivity contribution is -0.0188. The van der Waals surface area contributed by atoms with Gasteiger partial charge in [0, 0.05) is 39.3 Å². The Hall–Kier alpha value is -0.940. The Kier molecular flexibility index (Phi) is 5.41. The zero-order valence-corrected chi connectivity index (χ0v) is 15.4. The van der Waals surface area contributed by atoms with Crippen molar-refractivity contribution in [1.82, 2.24) is 4.90 Å². The molecule has 0 bridgehead atoms. The van der Waals surface area contributed by atoms with E-state index in [-0.39, 0.29) is 11.7 Å². The van der Waals surface area contributed by atoms with Crippen LogP contribution in [0.15, 0.2) is 24.3 Å². The van der Waals surface area contributed by atoms with Gasteiger partial charge in [-0.1, -0.05) is 29.8 Å². The number of hydrogen-bond donors (Lipinski definition) is 0. The molecule has 0 saturated carbocycles. The van der Waals surface area contributed by atoms with Gasteiger partial charge in [0.1, 0.15) is 0 Å². The van der Waals surface area contributed by atoms with Gasteiger partial charge in [0.05, 0.1) is 24.9 Å². The van der Waals surface area contributed by atoms with Crippen LogP contribution in [0.25, 0.3) is 0 Å². The fourth-order valence-corrected chi connectivity index (χ4v) is 4.39. The molecule has 0 aromatic heterocycles. The third-order valence-electron chi connectivity index (χ3n) is 6.01. The minimum atomic E-state index is 0.0328. The highest BCUT2D eigenvalue weighted by Gasteiger charge is 2.45. The van der Waals surface area contributed by atoms with Crippen molar-refractivity contribution < 1.29 is 14.2 Å². The Balaban J connectivity index is 1.24. The molecule has 4 nitrogen and oxygen atoms in total. The number of nitrogens with zero attached hydrogens (tertiary/aromatic N) is 1. The van der Waals surface area contributed by atoms with E-state index in [4.69, 9.17) is 14.2 Å². The van der Waals surface area contributed by atoms with Crippen LogP contribution in [0, 0.1) is 12.8 Å². The molecular weight excluding hydrogens is 314 g/mol. The maximum Gasteiger partial charge on any atom is 0.0847 e. The minimum Gasteiger partial charge on any atom is -0.381 e. The second-order valence-electron chi connectivity index (χ2n) is 8.16. The van der Waals surface area contributed by atoms with Crippen molar-refractivity contribution in [3.63, 3.8) is 0 Å². The summed E-state index contributed by atoms with van der Waals surface area (Å²) in [6, 6.07) is 8.89. The van der Waals surface area contributed by atoms with Gasteiger partial charge in [-0.3, -0.25) is 4.90 Å². The topological polar surface area (TPSA) is 30.9 Å². The number of ether oxygens (including phenoxy) is 3. The molecule has 0 aliphatic carbocycles. The summed E-state index contributed by atoms with van der Waals surface area (Å²) in [6.45, 7) is 8.77. The lowest BCUT2D eigenvalue weighted by atomic mass is 9.98. The molecule has 138 valence electrons. The maximum absolute atomic E-state index is 6.25. The normalized spacial score (nSPS) is 31.2. The highest BCUT2D eigenvalue weighted by atomic mass is 16.6. The number of likely N-dealkylation sites (tertiary alicyclic amines) is 1. The van der Waals surface area contributed by atoms with Crippen molar-refractivity contribution >= 4 is 0 Å². The van der Waals surface area contributed by atoms with Gasteiger partial charge in [-0.05, 0) is 37.7 Å².